The summed E-state index contributed by atoms with van der Waals surface area (Å²) in [6.45, 7) is 4.75. The maximum absolute atomic E-state index is 8.79. The highest BCUT2D eigenvalue weighted by Gasteiger charge is 2.01. The molecule has 1 atom stereocenters. The third kappa shape index (κ3) is 3.56. The lowest BCUT2D eigenvalue weighted by Gasteiger charge is -2.12. The normalized spacial score (nSPS) is 11.9. The molecular weight excluding hydrogens is 188 g/mol. The van der Waals surface area contributed by atoms with Gasteiger partial charge in [0, 0.05) is 18.3 Å². The Balaban J connectivity index is 2.69. The van der Waals surface area contributed by atoms with Crippen LogP contribution in [0.3, 0.4) is 0 Å². The first-order valence-electron chi connectivity index (χ1n) is 4.95. The fourth-order valence-corrected chi connectivity index (χ4v) is 1.18. The van der Waals surface area contributed by atoms with Crippen molar-refractivity contribution in [3.8, 4) is 6.07 Å². The number of hydrogen-bond acceptors (Lipinski definition) is 4. The van der Waals surface area contributed by atoms with E-state index < -0.39 is 0 Å². The van der Waals surface area contributed by atoms with Gasteiger partial charge in [0.05, 0.1) is 11.6 Å². The van der Waals surface area contributed by atoms with Crippen molar-refractivity contribution in [1.82, 2.24) is 10.3 Å². The number of nitriles is 1. The molecule has 1 aromatic heterocycles. The van der Waals surface area contributed by atoms with Crippen molar-refractivity contribution in [3.63, 3.8) is 0 Å². The van der Waals surface area contributed by atoms with Gasteiger partial charge < -0.3 is 10.6 Å². The maximum Gasteiger partial charge on any atom is 0.127 e. The maximum atomic E-state index is 8.79. The molecule has 0 radical (unpaired) electrons. The molecule has 0 aliphatic rings. The standard InChI is InChI=1S/C11H16N4/c1-8-4-10(6-12)5-11(15-8)14-7-9(2)13-3/h4-5,9,13H,7H2,1-3H3,(H,14,15). The van der Waals surface area contributed by atoms with Crippen molar-refractivity contribution in [2.45, 2.75) is 19.9 Å². The molecule has 0 aliphatic carbocycles. The smallest absolute Gasteiger partial charge is 0.127 e. The molecule has 0 amide bonds. The molecule has 0 saturated carbocycles. The molecule has 80 valence electrons. The first-order chi connectivity index (χ1) is 7.15. The van der Waals surface area contributed by atoms with Crippen LogP contribution in [-0.2, 0) is 0 Å². The van der Waals surface area contributed by atoms with Crippen molar-refractivity contribution in [1.29, 1.82) is 5.26 Å². The van der Waals surface area contributed by atoms with Crippen LogP contribution in [0, 0.1) is 18.3 Å². The van der Waals surface area contributed by atoms with E-state index in [1.165, 1.54) is 0 Å². The zero-order chi connectivity index (χ0) is 11.3. The predicted octanol–water partition coefficient (Wildman–Crippen LogP) is 1.28. The van der Waals surface area contributed by atoms with Gasteiger partial charge in [0.25, 0.3) is 0 Å². The Morgan fingerprint density at radius 2 is 2.27 bits per heavy atom. The molecule has 0 saturated heterocycles. The lowest BCUT2D eigenvalue weighted by Crippen LogP contribution is -2.29. The monoisotopic (exact) mass is 204 g/mol. The lowest BCUT2D eigenvalue weighted by atomic mass is 10.2. The van der Waals surface area contributed by atoms with Gasteiger partial charge in [0.1, 0.15) is 5.82 Å². The summed E-state index contributed by atoms with van der Waals surface area (Å²) in [4.78, 5) is 4.30. The van der Waals surface area contributed by atoms with E-state index in [-0.39, 0.29) is 0 Å². The van der Waals surface area contributed by atoms with Gasteiger partial charge in [-0.3, -0.25) is 0 Å². The van der Waals surface area contributed by atoms with Crippen LogP contribution >= 0.6 is 0 Å². The quantitative estimate of drug-likeness (QED) is 0.775. The Hall–Kier alpha value is -1.60. The van der Waals surface area contributed by atoms with Crippen LogP contribution in [0.1, 0.15) is 18.2 Å². The number of aryl methyl sites for hydroxylation is 1. The number of nitrogens with one attached hydrogen (secondary N) is 2. The van der Waals surface area contributed by atoms with Gasteiger partial charge in [-0.05, 0) is 33.0 Å². The second-order valence-electron chi connectivity index (χ2n) is 3.56. The van der Waals surface area contributed by atoms with Gasteiger partial charge in [-0.15, -0.1) is 0 Å². The van der Waals surface area contributed by atoms with Gasteiger partial charge >= 0.3 is 0 Å². The summed E-state index contributed by atoms with van der Waals surface area (Å²) < 4.78 is 0. The van der Waals surface area contributed by atoms with Crippen LogP contribution in [0.15, 0.2) is 12.1 Å². The van der Waals surface area contributed by atoms with Crippen LogP contribution in [0.5, 0.6) is 0 Å². The molecule has 0 aromatic carbocycles. The molecule has 1 rings (SSSR count). The van der Waals surface area contributed by atoms with Crippen LogP contribution < -0.4 is 10.6 Å². The average Bonchev–Trinajstić information content (AvgIpc) is 2.25. The zero-order valence-corrected chi connectivity index (χ0v) is 9.33. The number of rotatable bonds is 4. The van der Waals surface area contributed by atoms with E-state index >= 15 is 0 Å². The molecule has 4 heteroatoms. The Kier molecular flexibility index (Phi) is 4.07. The van der Waals surface area contributed by atoms with Crippen LogP contribution in [0.4, 0.5) is 5.82 Å². The van der Waals surface area contributed by atoms with Crippen LogP contribution in [-0.4, -0.2) is 24.6 Å². The third-order valence-electron chi connectivity index (χ3n) is 2.16. The average molecular weight is 204 g/mol. The van der Waals surface area contributed by atoms with Crippen molar-refractivity contribution >= 4 is 5.82 Å². The van der Waals surface area contributed by atoms with Gasteiger partial charge in [0.15, 0.2) is 0 Å². The van der Waals surface area contributed by atoms with Gasteiger partial charge in [0.2, 0.25) is 0 Å². The SMILES string of the molecule is CNC(C)CNc1cc(C#N)cc(C)n1. The fraction of sp³-hybridized carbons (Fsp3) is 0.455. The Morgan fingerprint density at radius 3 is 2.87 bits per heavy atom. The number of aromatic nitrogens is 1. The molecule has 1 aromatic rings. The lowest BCUT2D eigenvalue weighted by molar-refractivity contribution is 0.637. The topological polar surface area (TPSA) is 60.7 Å². The predicted molar refractivity (Wildman–Crippen MR) is 60.7 cm³/mol. The van der Waals surface area contributed by atoms with E-state index in [1.54, 1.807) is 12.1 Å². The van der Waals surface area contributed by atoms with E-state index in [0.717, 1.165) is 18.1 Å². The van der Waals surface area contributed by atoms with Crippen LogP contribution in [0.2, 0.25) is 0 Å². The third-order valence-corrected chi connectivity index (χ3v) is 2.16. The zero-order valence-electron chi connectivity index (χ0n) is 9.33. The summed E-state index contributed by atoms with van der Waals surface area (Å²) in [6.07, 6.45) is 0. The summed E-state index contributed by atoms with van der Waals surface area (Å²) in [5.74, 6) is 0.758. The number of anilines is 1. The van der Waals surface area contributed by atoms with E-state index in [0.29, 0.717) is 11.6 Å². The number of hydrogen-bond donors (Lipinski definition) is 2. The minimum atomic E-state index is 0.373. The number of pyridine rings is 1. The molecule has 2 N–H and O–H groups in total. The molecule has 1 unspecified atom stereocenters. The van der Waals surface area contributed by atoms with Crippen molar-refractivity contribution in [2.75, 3.05) is 18.9 Å². The van der Waals surface area contributed by atoms with Gasteiger partial charge in [-0.2, -0.15) is 5.26 Å². The molecule has 0 bridgehead atoms. The van der Waals surface area contributed by atoms with Crippen LogP contribution in [0.25, 0.3) is 0 Å². The highest BCUT2D eigenvalue weighted by Crippen LogP contribution is 2.08. The largest absolute Gasteiger partial charge is 0.368 e. The summed E-state index contributed by atoms with van der Waals surface area (Å²) in [6, 6.07) is 6.02. The molecule has 1 heterocycles. The highest BCUT2D eigenvalue weighted by atomic mass is 15.0. The molecule has 15 heavy (non-hydrogen) atoms. The molecule has 0 spiro atoms. The van der Waals surface area contributed by atoms with Gasteiger partial charge in [-0.1, -0.05) is 0 Å². The Morgan fingerprint density at radius 1 is 1.53 bits per heavy atom. The Bertz CT molecular complexity index is 367. The van der Waals surface area contributed by atoms with Crippen molar-refractivity contribution in [3.05, 3.63) is 23.4 Å². The van der Waals surface area contributed by atoms with E-state index in [4.69, 9.17) is 5.26 Å². The fourth-order valence-electron chi connectivity index (χ4n) is 1.18. The second kappa shape index (κ2) is 5.32. The molecule has 0 fully saturated rings. The highest BCUT2D eigenvalue weighted by molar-refractivity contribution is 5.44. The summed E-state index contributed by atoms with van der Waals surface area (Å²) in [7, 11) is 1.91. The minimum absolute atomic E-state index is 0.373. The molecule has 4 nitrogen and oxygen atoms in total. The number of likely N-dealkylation sites (N-methyl/N-ethyl adjacent to an activating group) is 1. The molecular formula is C11H16N4. The van der Waals surface area contributed by atoms with Crippen molar-refractivity contribution < 1.29 is 0 Å². The van der Waals surface area contributed by atoms with Gasteiger partial charge in [-0.25, -0.2) is 4.98 Å². The van der Waals surface area contributed by atoms with Crippen molar-refractivity contribution in [2.24, 2.45) is 0 Å². The second-order valence-corrected chi connectivity index (χ2v) is 3.56. The first-order valence-corrected chi connectivity index (χ1v) is 4.95. The molecule has 0 aliphatic heterocycles. The Labute approximate surface area is 90.3 Å². The van der Waals surface area contributed by atoms with E-state index in [9.17, 15) is 0 Å². The summed E-state index contributed by atoms with van der Waals surface area (Å²) in [5.41, 5.74) is 1.50. The minimum Gasteiger partial charge on any atom is -0.368 e. The van der Waals surface area contributed by atoms with E-state index in [2.05, 4.69) is 28.6 Å². The summed E-state index contributed by atoms with van der Waals surface area (Å²) >= 11 is 0. The summed E-state index contributed by atoms with van der Waals surface area (Å²) in [5, 5.41) is 15.1. The number of nitrogens with zero attached hydrogens (tertiary/aromatic N) is 2. The van der Waals surface area contributed by atoms with E-state index in [1.807, 2.05) is 14.0 Å². The first kappa shape index (κ1) is 11.5.